The second-order valence-corrected chi connectivity index (χ2v) is 5.78. The molecular formula is C17H21ClN4O2. The number of hydrogen-bond acceptors (Lipinski definition) is 5. The van der Waals surface area contributed by atoms with Crippen molar-refractivity contribution in [2.24, 2.45) is 11.7 Å². The smallest absolute Gasteiger partial charge is 0.237 e. The molecule has 6 nitrogen and oxygen atoms in total. The van der Waals surface area contributed by atoms with Crippen LogP contribution >= 0.6 is 12.4 Å². The Morgan fingerprint density at radius 2 is 2.21 bits per heavy atom. The molecule has 1 amide bonds. The fraction of sp³-hybridized carbons (Fsp3) is 0.353. The van der Waals surface area contributed by atoms with Crippen LogP contribution in [0.3, 0.4) is 0 Å². The summed E-state index contributed by atoms with van der Waals surface area (Å²) in [5, 5.41) is 2.91. The molecule has 1 fully saturated rings. The Balaban J connectivity index is 0.00000208. The van der Waals surface area contributed by atoms with Crippen molar-refractivity contribution in [2.75, 3.05) is 5.32 Å². The van der Waals surface area contributed by atoms with E-state index >= 15 is 0 Å². The lowest BCUT2D eigenvalue weighted by Crippen LogP contribution is -2.28. The average Bonchev–Trinajstić information content (AvgIpc) is 2.93. The van der Waals surface area contributed by atoms with E-state index in [0.717, 1.165) is 19.3 Å². The Kier molecular flexibility index (Phi) is 6.52. The number of anilines is 1. The molecule has 0 unspecified atom stereocenters. The van der Waals surface area contributed by atoms with Crippen LogP contribution in [-0.4, -0.2) is 21.9 Å². The quantitative estimate of drug-likeness (QED) is 0.866. The van der Waals surface area contributed by atoms with Crippen molar-refractivity contribution in [3.8, 4) is 11.6 Å². The topological polar surface area (TPSA) is 90.1 Å². The molecule has 1 aliphatic rings. The number of benzene rings is 1. The number of halogens is 1. The summed E-state index contributed by atoms with van der Waals surface area (Å²) >= 11 is 0. The molecule has 1 aromatic heterocycles. The highest BCUT2D eigenvalue weighted by molar-refractivity contribution is 5.91. The second-order valence-electron chi connectivity index (χ2n) is 5.78. The first-order chi connectivity index (χ1) is 11.2. The van der Waals surface area contributed by atoms with Gasteiger partial charge in [0.1, 0.15) is 5.75 Å². The summed E-state index contributed by atoms with van der Waals surface area (Å²) in [6.07, 6.45) is 8.30. The molecule has 1 aromatic carbocycles. The number of carbonyl (C=O) groups is 1. The molecule has 3 rings (SSSR count). The summed E-state index contributed by atoms with van der Waals surface area (Å²) in [6, 6.07) is 7.36. The second kappa shape index (κ2) is 8.61. The van der Waals surface area contributed by atoms with Gasteiger partial charge in [-0.2, -0.15) is 0 Å². The maximum Gasteiger partial charge on any atom is 0.237 e. The van der Waals surface area contributed by atoms with Crippen LogP contribution in [0, 0.1) is 5.92 Å². The fourth-order valence-corrected chi connectivity index (χ4v) is 2.87. The van der Waals surface area contributed by atoms with Crippen LogP contribution in [0.4, 0.5) is 5.69 Å². The van der Waals surface area contributed by atoms with Crippen LogP contribution in [0.5, 0.6) is 11.6 Å². The molecule has 0 aliphatic heterocycles. The van der Waals surface area contributed by atoms with E-state index in [2.05, 4.69) is 15.3 Å². The number of nitrogens with zero attached hydrogens (tertiary/aromatic N) is 2. The van der Waals surface area contributed by atoms with Gasteiger partial charge in [0, 0.05) is 36.6 Å². The van der Waals surface area contributed by atoms with Crippen molar-refractivity contribution >= 4 is 24.0 Å². The van der Waals surface area contributed by atoms with Crippen LogP contribution in [0.15, 0.2) is 42.9 Å². The fourth-order valence-electron chi connectivity index (χ4n) is 2.87. The number of carbonyl (C=O) groups excluding carboxylic acids is 1. The van der Waals surface area contributed by atoms with E-state index in [1.54, 1.807) is 24.5 Å². The van der Waals surface area contributed by atoms with Crippen molar-refractivity contribution in [1.82, 2.24) is 9.97 Å². The minimum absolute atomic E-state index is 0. The summed E-state index contributed by atoms with van der Waals surface area (Å²) < 4.78 is 5.61. The van der Waals surface area contributed by atoms with Crippen molar-refractivity contribution in [1.29, 1.82) is 0 Å². The lowest BCUT2D eigenvalue weighted by atomic mass is 10.00. The first-order valence-electron chi connectivity index (χ1n) is 7.80. The van der Waals surface area contributed by atoms with Crippen molar-refractivity contribution in [3.05, 3.63) is 42.9 Å². The van der Waals surface area contributed by atoms with E-state index in [0.29, 0.717) is 23.7 Å². The molecule has 1 heterocycles. The van der Waals surface area contributed by atoms with Gasteiger partial charge in [0.05, 0.1) is 6.20 Å². The number of amides is 1. The predicted molar refractivity (Wildman–Crippen MR) is 94.4 cm³/mol. The van der Waals surface area contributed by atoms with Gasteiger partial charge in [0.2, 0.25) is 11.8 Å². The van der Waals surface area contributed by atoms with Gasteiger partial charge in [-0.3, -0.25) is 9.78 Å². The third-order valence-electron chi connectivity index (χ3n) is 4.05. The van der Waals surface area contributed by atoms with E-state index in [1.165, 1.54) is 6.20 Å². The van der Waals surface area contributed by atoms with E-state index < -0.39 is 0 Å². The SMILES string of the molecule is Cl.N[C@@H]1CCC[C@H]1CC(=O)Nc1cccc(Oc2cnccn2)c1. The molecule has 128 valence electrons. The standard InChI is InChI=1S/C17H20N4O2.ClH/c18-15-6-1-3-12(15)9-16(22)21-13-4-2-5-14(10-13)23-17-11-19-7-8-20-17;/h2,4-5,7-8,10-12,15H,1,3,6,9,18H2,(H,21,22);1H/t12-,15+;/m0./s1. The maximum atomic E-state index is 12.2. The minimum Gasteiger partial charge on any atom is -0.437 e. The molecule has 2 aromatic rings. The molecule has 24 heavy (non-hydrogen) atoms. The Bertz CT molecular complexity index is 669. The zero-order chi connectivity index (χ0) is 16.1. The lowest BCUT2D eigenvalue weighted by molar-refractivity contribution is -0.117. The number of nitrogens with two attached hydrogens (primary N) is 1. The molecule has 1 saturated carbocycles. The molecule has 0 radical (unpaired) electrons. The number of hydrogen-bond donors (Lipinski definition) is 2. The molecular weight excluding hydrogens is 328 g/mol. The Morgan fingerprint density at radius 3 is 2.92 bits per heavy atom. The zero-order valence-corrected chi connectivity index (χ0v) is 14.0. The van der Waals surface area contributed by atoms with Gasteiger partial charge in [-0.1, -0.05) is 12.5 Å². The molecule has 0 spiro atoms. The number of aromatic nitrogens is 2. The number of nitrogens with one attached hydrogen (secondary N) is 1. The van der Waals surface area contributed by atoms with E-state index in [4.69, 9.17) is 10.5 Å². The first-order valence-corrected chi connectivity index (χ1v) is 7.80. The molecule has 1 aliphatic carbocycles. The van der Waals surface area contributed by atoms with Gasteiger partial charge in [-0.15, -0.1) is 12.4 Å². The Morgan fingerprint density at radius 1 is 1.33 bits per heavy atom. The van der Waals surface area contributed by atoms with Gasteiger partial charge in [0.15, 0.2) is 0 Å². The van der Waals surface area contributed by atoms with Crippen LogP contribution in [0.2, 0.25) is 0 Å². The average molecular weight is 349 g/mol. The van der Waals surface area contributed by atoms with Crippen LogP contribution in [0.1, 0.15) is 25.7 Å². The lowest BCUT2D eigenvalue weighted by Gasteiger charge is -2.15. The summed E-state index contributed by atoms with van der Waals surface area (Å²) in [7, 11) is 0. The van der Waals surface area contributed by atoms with Crippen LogP contribution in [-0.2, 0) is 4.79 Å². The molecule has 3 N–H and O–H groups in total. The monoisotopic (exact) mass is 348 g/mol. The van der Waals surface area contributed by atoms with Crippen LogP contribution < -0.4 is 15.8 Å². The largest absolute Gasteiger partial charge is 0.437 e. The first kappa shape index (κ1) is 18.2. The van der Waals surface area contributed by atoms with Gasteiger partial charge in [-0.25, -0.2) is 4.98 Å². The van der Waals surface area contributed by atoms with Crippen molar-refractivity contribution < 1.29 is 9.53 Å². The number of ether oxygens (including phenoxy) is 1. The molecule has 0 saturated heterocycles. The summed E-state index contributed by atoms with van der Waals surface area (Å²) in [5.41, 5.74) is 6.72. The highest BCUT2D eigenvalue weighted by atomic mass is 35.5. The Hall–Kier alpha value is -2.18. The summed E-state index contributed by atoms with van der Waals surface area (Å²) in [6.45, 7) is 0. The maximum absolute atomic E-state index is 12.2. The van der Waals surface area contributed by atoms with E-state index in [1.807, 2.05) is 12.1 Å². The normalized spacial score (nSPS) is 19.4. The third kappa shape index (κ3) is 4.91. The zero-order valence-electron chi connectivity index (χ0n) is 13.2. The third-order valence-corrected chi connectivity index (χ3v) is 4.05. The van der Waals surface area contributed by atoms with Gasteiger partial charge >= 0.3 is 0 Å². The number of rotatable bonds is 5. The highest BCUT2D eigenvalue weighted by Crippen LogP contribution is 2.27. The summed E-state index contributed by atoms with van der Waals surface area (Å²) in [5.74, 6) is 1.28. The van der Waals surface area contributed by atoms with E-state index in [9.17, 15) is 4.79 Å². The molecule has 0 bridgehead atoms. The van der Waals surface area contributed by atoms with Crippen molar-refractivity contribution in [3.63, 3.8) is 0 Å². The molecule has 2 atom stereocenters. The minimum atomic E-state index is -0.0102. The predicted octanol–water partition coefficient (Wildman–Crippen LogP) is 3.15. The summed E-state index contributed by atoms with van der Waals surface area (Å²) in [4.78, 5) is 20.2. The van der Waals surface area contributed by atoms with Gasteiger partial charge < -0.3 is 15.8 Å². The molecule has 7 heteroatoms. The van der Waals surface area contributed by atoms with E-state index in [-0.39, 0.29) is 30.3 Å². The Labute approximate surface area is 147 Å². The van der Waals surface area contributed by atoms with Gasteiger partial charge in [-0.05, 0) is 30.9 Å². The van der Waals surface area contributed by atoms with Gasteiger partial charge in [0.25, 0.3) is 0 Å². The van der Waals surface area contributed by atoms with Crippen LogP contribution in [0.25, 0.3) is 0 Å². The van der Waals surface area contributed by atoms with Crippen molar-refractivity contribution in [2.45, 2.75) is 31.7 Å². The highest BCUT2D eigenvalue weighted by Gasteiger charge is 2.26.